The molecule has 0 spiro atoms. The van der Waals surface area contributed by atoms with Crippen LogP contribution in [0.5, 0.6) is 5.88 Å². The number of carbonyl (C=O) groups is 3. The van der Waals surface area contributed by atoms with Gasteiger partial charge in [-0.05, 0) is 25.0 Å². The van der Waals surface area contributed by atoms with Gasteiger partial charge in [0.05, 0.1) is 7.11 Å². The van der Waals surface area contributed by atoms with Crippen molar-refractivity contribution in [2.45, 2.75) is 26.4 Å². The first-order valence-corrected chi connectivity index (χ1v) is 7.79. The molecule has 1 unspecified atom stereocenters. The summed E-state index contributed by atoms with van der Waals surface area (Å²) >= 11 is 0. The minimum Gasteiger partial charge on any atom is -0.481 e. The molecule has 0 fully saturated rings. The Hall–Kier alpha value is -3.36. The SMILES string of the molecule is COc1cc(NC(=O)c2c(C)cccc2CC(=O)C(C)OC(N)=O)n[nH]1. The number of methoxy groups -OCH3 is 1. The smallest absolute Gasteiger partial charge is 0.405 e. The fourth-order valence-electron chi connectivity index (χ4n) is 2.42. The summed E-state index contributed by atoms with van der Waals surface area (Å²) in [7, 11) is 1.47. The molecule has 1 aromatic heterocycles. The number of hydrogen-bond donors (Lipinski definition) is 3. The predicted octanol–water partition coefficient (Wildman–Crippen LogP) is 1.57. The number of hydrogen-bond acceptors (Lipinski definition) is 6. The molecule has 0 aliphatic carbocycles. The number of nitrogens with one attached hydrogen (secondary N) is 2. The maximum atomic E-state index is 12.7. The van der Waals surface area contributed by atoms with Crippen LogP contribution in [-0.4, -0.2) is 41.2 Å². The Labute approximate surface area is 149 Å². The molecular formula is C17H20N4O5. The summed E-state index contributed by atoms with van der Waals surface area (Å²) in [6, 6.07) is 6.70. The van der Waals surface area contributed by atoms with E-state index in [0.29, 0.717) is 22.6 Å². The van der Waals surface area contributed by atoms with Crippen molar-refractivity contribution in [3.63, 3.8) is 0 Å². The van der Waals surface area contributed by atoms with E-state index in [1.807, 2.05) is 0 Å². The average Bonchev–Trinajstić information content (AvgIpc) is 3.01. The van der Waals surface area contributed by atoms with Crippen molar-refractivity contribution in [2.75, 3.05) is 12.4 Å². The van der Waals surface area contributed by atoms with Crippen molar-refractivity contribution in [1.29, 1.82) is 0 Å². The standard InChI is InChI=1S/C17H20N4O5/c1-9-5-4-6-11(7-12(22)10(2)26-17(18)24)15(9)16(23)19-13-8-14(25-3)21-20-13/h4-6,8,10H,7H2,1-3H3,(H2,18,24)(H2,19,20,21,23). The van der Waals surface area contributed by atoms with Gasteiger partial charge in [0.2, 0.25) is 5.88 Å². The van der Waals surface area contributed by atoms with Crippen LogP contribution in [0.2, 0.25) is 0 Å². The van der Waals surface area contributed by atoms with E-state index in [4.69, 9.17) is 10.5 Å². The highest BCUT2D eigenvalue weighted by Crippen LogP contribution is 2.19. The van der Waals surface area contributed by atoms with Crippen molar-refractivity contribution < 1.29 is 23.9 Å². The highest BCUT2D eigenvalue weighted by molar-refractivity contribution is 6.06. The van der Waals surface area contributed by atoms with Gasteiger partial charge in [0, 0.05) is 18.1 Å². The quantitative estimate of drug-likeness (QED) is 0.685. The number of amides is 2. The Morgan fingerprint density at radius 2 is 2.08 bits per heavy atom. The van der Waals surface area contributed by atoms with Crippen LogP contribution in [0.1, 0.15) is 28.4 Å². The van der Waals surface area contributed by atoms with E-state index in [0.717, 1.165) is 0 Å². The lowest BCUT2D eigenvalue weighted by atomic mass is 9.96. The summed E-state index contributed by atoms with van der Waals surface area (Å²) in [5, 5.41) is 9.17. The number of aryl methyl sites for hydroxylation is 1. The van der Waals surface area contributed by atoms with Crippen molar-refractivity contribution in [1.82, 2.24) is 10.2 Å². The van der Waals surface area contributed by atoms with E-state index in [1.165, 1.54) is 20.1 Å². The molecule has 0 saturated carbocycles. The zero-order chi connectivity index (χ0) is 19.3. The average molecular weight is 360 g/mol. The second-order valence-corrected chi connectivity index (χ2v) is 5.61. The van der Waals surface area contributed by atoms with Crippen LogP contribution in [0.25, 0.3) is 0 Å². The Morgan fingerprint density at radius 3 is 2.69 bits per heavy atom. The highest BCUT2D eigenvalue weighted by atomic mass is 16.6. The molecule has 9 nitrogen and oxygen atoms in total. The van der Waals surface area contributed by atoms with Crippen molar-refractivity contribution in [2.24, 2.45) is 5.73 Å². The fourth-order valence-corrected chi connectivity index (χ4v) is 2.42. The number of nitrogens with two attached hydrogens (primary N) is 1. The molecule has 0 radical (unpaired) electrons. The van der Waals surface area contributed by atoms with Gasteiger partial charge in [-0.25, -0.2) is 9.89 Å². The predicted molar refractivity (Wildman–Crippen MR) is 93.1 cm³/mol. The van der Waals surface area contributed by atoms with Crippen molar-refractivity contribution in [3.8, 4) is 5.88 Å². The number of Topliss-reactive ketones (excluding diaryl/α,β-unsaturated/α-hetero) is 1. The van der Waals surface area contributed by atoms with Crippen LogP contribution >= 0.6 is 0 Å². The number of primary amides is 1. The summed E-state index contributed by atoms with van der Waals surface area (Å²) in [4.78, 5) is 35.7. The molecule has 2 amide bonds. The van der Waals surface area contributed by atoms with Crippen LogP contribution in [-0.2, 0) is 16.0 Å². The molecule has 0 bridgehead atoms. The number of aromatic amines is 1. The number of ketones is 1. The second-order valence-electron chi connectivity index (χ2n) is 5.61. The maximum absolute atomic E-state index is 12.7. The zero-order valence-electron chi connectivity index (χ0n) is 14.7. The van der Waals surface area contributed by atoms with Crippen LogP contribution in [0.4, 0.5) is 10.6 Å². The van der Waals surface area contributed by atoms with Gasteiger partial charge in [0.25, 0.3) is 5.91 Å². The Morgan fingerprint density at radius 1 is 1.35 bits per heavy atom. The summed E-state index contributed by atoms with van der Waals surface area (Å²) in [6.45, 7) is 3.19. The normalized spacial score (nSPS) is 11.5. The molecule has 1 atom stereocenters. The van der Waals surface area contributed by atoms with Crippen molar-refractivity contribution >= 4 is 23.6 Å². The Balaban J connectivity index is 2.21. The molecule has 2 rings (SSSR count). The lowest BCUT2D eigenvalue weighted by Crippen LogP contribution is -2.29. The van der Waals surface area contributed by atoms with Crippen LogP contribution < -0.4 is 15.8 Å². The van der Waals surface area contributed by atoms with E-state index in [-0.39, 0.29) is 18.0 Å². The number of carbonyl (C=O) groups excluding carboxylic acids is 3. The van der Waals surface area contributed by atoms with Gasteiger partial charge in [-0.2, -0.15) is 5.10 Å². The minimum absolute atomic E-state index is 0.0806. The van der Waals surface area contributed by atoms with Gasteiger partial charge in [0.15, 0.2) is 17.7 Å². The van der Waals surface area contributed by atoms with Gasteiger partial charge < -0.3 is 20.5 Å². The largest absolute Gasteiger partial charge is 0.481 e. The summed E-state index contributed by atoms with van der Waals surface area (Å²) in [5.41, 5.74) is 6.49. The van der Waals surface area contributed by atoms with Gasteiger partial charge in [-0.1, -0.05) is 18.2 Å². The lowest BCUT2D eigenvalue weighted by molar-refractivity contribution is -0.125. The maximum Gasteiger partial charge on any atom is 0.405 e. The first kappa shape index (κ1) is 19.0. The molecule has 0 aliphatic rings. The van der Waals surface area contributed by atoms with E-state index in [2.05, 4.69) is 20.3 Å². The number of benzene rings is 1. The monoisotopic (exact) mass is 360 g/mol. The molecule has 1 heterocycles. The molecule has 26 heavy (non-hydrogen) atoms. The third-order valence-electron chi connectivity index (χ3n) is 3.71. The van der Waals surface area contributed by atoms with Gasteiger partial charge in [0.1, 0.15) is 0 Å². The summed E-state index contributed by atoms with van der Waals surface area (Å²) in [5.74, 6) is -0.0934. The van der Waals surface area contributed by atoms with E-state index in [1.54, 1.807) is 25.1 Å². The molecule has 4 N–H and O–H groups in total. The summed E-state index contributed by atoms with van der Waals surface area (Å²) in [6.07, 6.45) is -2.11. The molecule has 2 aromatic rings. The van der Waals surface area contributed by atoms with E-state index < -0.39 is 18.1 Å². The fraction of sp³-hybridized carbons (Fsp3) is 0.294. The topological polar surface area (TPSA) is 136 Å². The van der Waals surface area contributed by atoms with Crippen LogP contribution in [0.3, 0.4) is 0 Å². The second kappa shape index (κ2) is 8.15. The van der Waals surface area contributed by atoms with Crippen LogP contribution in [0.15, 0.2) is 24.3 Å². The summed E-state index contributed by atoms with van der Waals surface area (Å²) < 4.78 is 9.66. The molecule has 0 aliphatic heterocycles. The first-order chi connectivity index (χ1) is 12.3. The number of rotatable bonds is 7. The van der Waals surface area contributed by atoms with E-state index >= 15 is 0 Å². The number of nitrogens with zero attached hydrogens (tertiary/aromatic N) is 1. The number of anilines is 1. The van der Waals surface area contributed by atoms with Gasteiger partial charge >= 0.3 is 6.09 Å². The Bertz CT molecular complexity index is 830. The van der Waals surface area contributed by atoms with Crippen LogP contribution in [0, 0.1) is 6.92 Å². The molecule has 138 valence electrons. The van der Waals surface area contributed by atoms with Gasteiger partial charge in [-0.15, -0.1) is 0 Å². The molecule has 1 aromatic carbocycles. The molecule has 9 heteroatoms. The van der Waals surface area contributed by atoms with Gasteiger partial charge in [-0.3, -0.25) is 9.59 Å². The van der Waals surface area contributed by atoms with E-state index in [9.17, 15) is 14.4 Å². The third kappa shape index (κ3) is 4.59. The zero-order valence-corrected chi connectivity index (χ0v) is 14.7. The van der Waals surface area contributed by atoms with Crippen molar-refractivity contribution in [3.05, 3.63) is 41.0 Å². The number of H-pyrrole nitrogens is 1. The highest BCUT2D eigenvalue weighted by Gasteiger charge is 2.21. The Kier molecular flexibility index (Phi) is 5.94. The molecular weight excluding hydrogens is 340 g/mol. The number of ether oxygens (including phenoxy) is 2. The molecule has 0 saturated heterocycles. The minimum atomic E-state index is -1.03. The third-order valence-corrected chi connectivity index (χ3v) is 3.71. The first-order valence-electron chi connectivity index (χ1n) is 7.79. The number of aromatic nitrogens is 2. The lowest BCUT2D eigenvalue weighted by Gasteiger charge is -2.14.